The number of nitrogens with two attached hydrogens (primary N) is 1. The normalized spacial score (nSPS) is 36.4. The molecule has 3 aliphatic heterocycles. The summed E-state index contributed by atoms with van der Waals surface area (Å²) in [5.74, 6) is 1.09. The zero-order valence-corrected chi connectivity index (χ0v) is 9.50. The molecule has 0 bridgehead atoms. The smallest absolute Gasteiger partial charge is 0.192 e. The summed E-state index contributed by atoms with van der Waals surface area (Å²) < 4.78 is 0.727. The van der Waals surface area contributed by atoms with Crippen molar-refractivity contribution in [2.45, 2.75) is 12.5 Å². The highest BCUT2D eigenvalue weighted by Gasteiger charge is 2.37. The minimum atomic E-state index is 0.294. The summed E-state index contributed by atoms with van der Waals surface area (Å²) in [6.07, 6.45) is 11.5. The minimum Gasteiger partial charge on any atom is -0.350 e. The van der Waals surface area contributed by atoms with Gasteiger partial charge in [0, 0.05) is 25.2 Å². The Hall–Kier alpha value is -1.39. The van der Waals surface area contributed by atoms with E-state index in [1.54, 1.807) is 0 Å². The van der Waals surface area contributed by atoms with Crippen LogP contribution in [0.15, 0.2) is 41.4 Å². The fraction of sp³-hybridized carbons (Fsp3) is 0.417. The Morgan fingerprint density at radius 3 is 3.12 bits per heavy atom. The number of likely N-dealkylation sites (tertiary alicyclic amines) is 1. The van der Waals surface area contributed by atoms with Crippen LogP contribution in [-0.4, -0.2) is 41.4 Å². The topological polar surface area (TPSA) is 41.6 Å². The summed E-state index contributed by atoms with van der Waals surface area (Å²) in [5.41, 5.74) is 7.19. The molecule has 0 aromatic rings. The van der Waals surface area contributed by atoms with Crippen LogP contribution in [0, 0.1) is 0 Å². The lowest BCUT2D eigenvalue weighted by atomic mass is 10.2. The lowest BCUT2D eigenvalue weighted by Crippen LogP contribution is -2.42. The largest absolute Gasteiger partial charge is 0.350 e. The number of rotatable bonds is 0. The molecule has 4 heteroatoms. The number of allylic oxidation sites excluding steroid dienone is 2. The van der Waals surface area contributed by atoms with Gasteiger partial charge >= 0.3 is 0 Å². The molecule has 3 rings (SSSR count). The lowest BCUT2D eigenvalue weighted by molar-refractivity contribution is -0.757. The first-order valence-corrected chi connectivity index (χ1v) is 5.71. The van der Waals surface area contributed by atoms with Crippen molar-refractivity contribution in [3.63, 3.8) is 0 Å². The molecule has 3 heterocycles. The molecule has 0 saturated carbocycles. The molecule has 0 radical (unpaired) electrons. The highest BCUT2D eigenvalue weighted by molar-refractivity contribution is 5.98. The van der Waals surface area contributed by atoms with Crippen LogP contribution in [0.25, 0.3) is 0 Å². The summed E-state index contributed by atoms with van der Waals surface area (Å²) in [6.45, 7) is 1.94. The van der Waals surface area contributed by atoms with Crippen LogP contribution >= 0.6 is 0 Å². The Kier molecular flexibility index (Phi) is 2.02. The van der Waals surface area contributed by atoms with Crippen LogP contribution < -0.4 is 5.73 Å². The third kappa shape index (κ3) is 1.34. The van der Waals surface area contributed by atoms with Crippen LogP contribution in [0.2, 0.25) is 0 Å². The van der Waals surface area contributed by atoms with Crippen molar-refractivity contribution in [1.29, 1.82) is 0 Å². The summed E-state index contributed by atoms with van der Waals surface area (Å²) in [4.78, 5) is 6.81. The summed E-state index contributed by atoms with van der Waals surface area (Å²) >= 11 is 0. The van der Waals surface area contributed by atoms with Gasteiger partial charge in [0.2, 0.25) is 0 Å². The van der Waals surface area contributed by atoms with Crippen molar-refractivity contribution in [2.24, 2.45) is 10.7 Å². The number of nitrogens with zero attached hydrogens (tertiary/aromatic N) is 3. The summed E-state index contributed by atoms with van der Waals surface area (Å²) in [7, 11) is 2.16. The van der Waals surface area contributed by atoms with Gasteiger partial charge in [0.1, 0.15) is 12.4 Å². The standard InChI is InChI=1S/C12H17N4/c1-16-7-2-3-11(16)12(14-5-8-16)15-6-4-10(13)9-15/h2-3,5,7-8,10H,4,6,9,13H2,1H3/q+1. The molecule has 16 heavy (non-hydrogen) atoms. The molecule has 3 aliphatic rings. The molecule has 84 valence electrons. The van der Waals surface area contributed by atoms with Crippen molar-refractivity contribution >= 4 is 5.84 Å². The highest BCUT2D eigenvalue weighted by atomic mass is 15.4. The highest BCUT2D eigenvalue weighted by Crippen LogP contribution is 2.29. The van der Waals surface area contributed by atoms with E-state index >= 15 is 0 Å². The van der Waals surface area contributed by atoms with E-state index in [0.29, 0.717) is 6.04 Å². The predicted octanol–water partition coefficient (Wildman–Crippen LogP) is 0.761. The van der Waals surface area contributed by atoms with Gasteiger partial charge in [-0.05, 0) is 12.5 Å². The van der Waals surface area contributed by atoms with Crippen LogP contribution in [0.3, 0.4) is 0 Å². The first-order chi connectivity index (χ1) is 7.69. The maximum absolute atomic E-state index is 5.95. The van der Waals surface area contributed by atoms with E-state index in [1.165, 1.54) is 5.70 Å². The Labute approximate surface area is 95.6 Å². The number of likely N-dealkylation sites (N-methyl/N-ethyl adjacent to an activating group) is 1. The number of fused-ring (bicyclic) bond motifs is 1. The molecular formula is C12H17N4+. The molecule has 2 N–H and O–H groups in total. The molecule has 0 aromatic heterocycles. The minimum absolute atomic E-state index is 0.294. The van der Waals surface area contributed by atoms with Crippen LogP contribution in [0.5, 0.6) is 0 Å². The molecule has 1 saturated heterocycles. The van der Waals surface area contributed by atoms with Gasteiger partial charge < -0.3 is 10.6 Å². The van der Waals surface area contributed by atoms with E-state index in [1.807, 2.05) is 6.20 Å². The van der Waals surface area contributed by atoms with Gasteiger partial charge in [0.15, 0.2) is 11.5 Å². The van der Waals surface area contributed by atoms with Gasteiger partial charge in [0.05, 0.1) is 13.2 Å². The fourth-order valence-electron chi connectivity index (χ4n) is 2.51. The summed E-state index contributed by atoms with van der Waals surface area (Å²) in [6, 6.07) is 0.294. The second-order valence-corrected chi connectivity index (χ2v) is 4.79. The maximum Gasteiger partial charge on any atom is 0.192 e. The van der Waals surface area contributed by atoms with Crippen molar-refractivity contribution in [2.75, 3.05) is 20.1 Å². The maximum atomic E-state index is 5.95. The zero-order chi connectivity index (χ0) is 11.2. The van der Waals surface area contributed by atoms with Gasteiger partial charge in [-0.2, -0.15) is 0 Å². The molecule has 1 fully saturated rings. The first-order valence-electron chi connectivity index (χ1n) is 5.71. The van der Waals surface area contributed by atoms with Gasteiger partial charge in [-0.15, -0.1) is 0 Å². The number of quaternary nitrogens is 1. The zero-order valence-electron chi connectivity index (χ0n) is 9.50. The molecule has 0 aliphatic carbocycles. The van der Waals surface area contributed by atoms with Crippen molar-refractivity contribution in [3.05, 3.63) is 36.4 Å². The van der Waals surface area contributed by atoms with E-state index in [4.69, 9.17) is 5.73 Å². The number of aliphatic imine (C=N–C) groups is 1. The van der Waals surface area contributed by atoms with Gasteiger partial charge in [-0.1, -0.05) is 0 Å². The Morgan fingerprint density at radius 2 is 2.38 bits per heavy atom. The first kappa shape index (κ1) is 9.81. The SMILES string of the molecule is C[N+]12C=CC=C1C(N1CCC(N)C1)=NC=C2. The molecule has 0 spiro atoms. The Bertz CT molecular complexity index is 432. The second-order valence-electron chi connectivity index (χ2n) is 4.79. The quantitative estimate of drug-likeness (QED) is 0.609. The number of amidine groups is 1. The third-order valence-electron chi connectivity index (χ3n) is 3.50. The number of hydrogen-bond acceptors (Lipinski definition) is 3. The average Bonchev–Trinajstić information content (AvgIpc) is 2.82. The van der Waals surface area contributed by atoms with Crippen molar-refractivity contribution < 1.29 is 4.48 Å². The molecule has 2 unspecified atom stereocenters. The Balaban J connectivity index is 1.92. The van der Waals surface area contributed by atoms with Crippen molar-refractivity contribution in [1.82, 2.24) is 4.90 Å². The second kappa shape index (κ2) is 3.30. The molecule has 0 amide bonds. The molecule has 4 nitrogen and oxygen atoms in total. The number of hydrogen-bond donors (Lipinski definition) is 1. The van der Waals surface area contributed by atoms with Gasteiger partial charge in [-0.3, -0.25) is 0 Å². The van der Waals surface area contributed by atoms with Crippen molar-refractivity contribution in [3.8, 4) is 0 Å². The van der Waals surface area contributed by atoms with Gasteiger partial charge in [-0.25, -0.2) is 9.48 Å². The van der Waals surface area contributed by atoms with E-state index in [9.17, 15) is 0 Å². The van der Waals surface area contributed by atoms with E-state index in [2.05, 4.69) is 41.5 Å². The lowest BCUT2D eigenvalue weighted by Gasteiger charge is -2.31. The fourth-order valence-corrected chi connectivity index (χ4v) is 2.51. The van der Waals surface area contributed by atoms with E-state index in [0.717, 1.165) is 29.8 Å². The Morgan fingerprint density at radius 1 is 1.50 bits per heavy atom. The van der Waals surface area contributed by atoms with E-state index < -0.39 is 0 Å². The average molecular weight is 217 g/mol. The van der Waals surface area contributed by atoms with Crippen LogP contribution in [0.1, 0.15) is 6.42 Å². The van der Waals surface area contributed by atoms with E-state index in [-0.39, 0.29) is 0 Å². The molecular weight excluding hydrogens is 200 g/mol. The predicted molar refractivity (Wildman–Crippen MR) is 64.1 cm³/mol. The summed E-state index contributed by atoms with van der Waals surface area (Å²) in [5, 5.41) is 0. The monoisotopic (exact) mass is 217 g/mol. The molecule has 2 atom stereocenters. The van der Waals surface area contributed by atoms with Crippen LogP contribution in [0.4, 0.5) is 0 Å². The van der Waals surface area contributed by atoms with Gasteiger partial charge in [0.25, 0.3) is 0 Å². The third-order valence-corrected chi connectivity index (χ3v) is 3.50. The molecule has 0 aromatic carbocycles. The van der Waals surface area contributed by atoms with Crippen LogP contribution in [-0.2, 0) is 0 Å².